The Labute approximate surface area is 140 Å². The van der Waals surface area contributed by atoms with Crippen molar-refractivity contribution in [3.63, 3.8) is 0 Å². The average molecular weight is 309 g/mol. The van der Waals surface area contributed by atoms with Gasteiger partial charge in [-0.2, -0.15) is 5.06 Å². The predicted octanol–water partition coefficient (Wildman–Crippen LogP) is 1.05. The summed E-state index contributed by atoms with van der Waals surface area (Å²) in [5.74, 6) is -0.848. The molecule has 0 spiro atoms. The number of hydrogen-bond donors (Lipinski definition) is 0. The van der Waals surface area contributed by atoms with Crippen LogP contribution in [0, 0.1) is 0 Å². The van der Waals surface area contributed by atoms with Gasteiger partial charge in [-0.3, -0.25) is 14.4 Å². The van der Waals surface area contributed by atoms with Crippen LogP contribution < -0.4 is 0 Å². The quantitative estimate of drug-likeness (QED) is 0.781. The molecule has 1 aromatic rings. The van der Waals surface area contributed by atoms with Crippen LogP contribution in [0.1, 0.15) is 23.0 Å². The van der Waals surface area contributed by atoms with Gasteiger partial charge in [0.25, 0.3) is 5.91 Å². The summed E-state index contributed by atoms with van der Waals surface area (Å²) in [4.78, 5) is 39.8. The first-order valence-electron chi connectivity index (χ1n) is 5.32. The summed E-state index contributed by atoms with van der Waals surface area (Å²) < 4.78 is 0. The van der Waals surface area contributed by atoms with Gasteiger partial charge in [0.15, 0.2) is 0 Å². The first-order valence-corrected chi connectivity index (χ1v) is 7.08. The van der Waals surface area contributed by atoms with Crippen molar-refractivity contribution < 1.29 is 19.2 Å². The first-order chi connectivity index (χ1) is 8.58. The fourth-order valence-corrected chi connectivity index (χ4v) is 3.30. The summed E-state index contributed by atoms with van der Waals surface area (Å²) in [5, 5.41) is 2.27. The molecule has 0 aliphatic carbocycles. The average Bonchev–Trinajstić information content (AvgIpc) is 2.93. The van der Waals surface area contributed by atoms with Gasteiger partial charge in [-0.1, -0.05) is 17.8 Å². The Kier molecular flexibility index (Phi) is 6.55. The van der Waals surface area contributed by atoms with Crippen LogP contribution in [0.3, 0.4) is 0 Å². The molecule has 8 heteroatoms. The summed E-state index contributed by atoms with van der Waals surface area (Å²) in [5.41, 5.74) is 0. The third-order valence-corrected chi connectivity index (χ3v) is 4.48. The van der Waals surface area contributed by atoms with Crippen LogP contribution in [-0.4, -0.2) is 63.4 Å². The molecule has 1 aromatic heterocycles. The normalized spacial score (nSPS) is 18.1. The van der Waals surface area contributed by atoms with Crippen LogP contribution in [0.2, 0.25) is 0 Å². The Bertz CT molecular complexity index is 477. The van der Waals surface area contributed by atoms with Crippen molar-refractivity contribution in [1.29, 1.82) is 0 Å². The molecule has 19 heavy (non-hydrogen) atoms. The van der Waals surface area contributed by atoms with Crippen molar-refractivity contribution >= 4 is 69.6 Å². The van der Waals surface area contributed by atoms with Gasteiger partial charge in [-0.15, -0.1) is 11.3 Å². The molecular formula is C11H12NNaO4S2. The van der Waals surface area contributed by atoms with Gasteiger partial charge >= 0.3 is 35.5 Å². The van der Waals surface area contributed by atoms with Crippen LogP contribution in [0.5, 0.6) is 0 Å². The Hall–Kier alpha value is -0.340. The van der Waals surface area contributed by atoms with E-state index in [1.807, 2.05) is 5.38 Å². The number of nitrogens with zero attached hydrogens (tertiary/aromatic N) is 1. The molecule has 0 saturated carbocycles. The van der Waals surface area contributed by atoms with E-state index in [1.165, 1.54) is 18.3 Å². The molecule has 0 aromatic carbocycles. The monoisotopic (exact) mass is 309 g/mol. The molecule has 5 nitrogen and oxygen atoms in total. The van der Waals surface area contributed by atoms with Crippen LogP contribution in [-0.2, 0) is 14.4 Å². The molecule has 1 aliphatic heterocycles. The van der Waals surface area contributed by atoms with Crippen molar-refractivity contribution in [3.8, 4) is 0 Å². The molecule has 0 radical (unpaired) electrons. The minimum atomic E-state index is -0.529. The number of thioether (sulfide) groups is 1. The molecule has 2 rings (SSSR count). The number of carbonyl (C=O) groups is 3. The SMILES string of the molecule is CC(=O)ON1CCC(SC(=O)c2cccs2)C1=O.[NaH]. The van der Waals surface area contributed by atoms with Gasteiger partial charge in [-0.05, 0) is 17.9 Å². The zero-order chi connectivity index (χ0) is 13.1. The van der Waals surface area contributed by atoms with E-state index < -0.39 is 11.2 Å². The van der Waals surface area contributed by atoms with E-state index in [9.17, 15) is 14.4 Å². The maximum atomic E-state index is 11.8. The van der Waals surface area contributed by atoms with Crippen LogP contribution in [0.15, 0.2) is 17.5 Å². The minimum absolute atomic E-state index is 0. The van der Waals surface area contributed by atoms with Gasteiger partial charge in [0.1, 0.15) is 0 Å². The Morgan fingerprint density at radius 3 is 2.84 bits per heavy atom. The number of carbonyl (C=O) groups excluding carboxylic acids is 3. The summed E-state index contributed by atoms with van der Waals surface area (Å²) in [6.45, 7) is 1.58. The van der Waals surface area contributed by atoms with E-state index in [-0.39, 0.29) is 40.6 Å². The third-order valence-electron chi connectivity index (χ3n) is 2.33. The summed E-state index contributed by atoms with van der Waals surface area (Å²) in [7, 11) is 0. The number of hydroxylamine groups is 2. The standard InChI is InChI=1S/C11H11NO4S2.Na.H/c1-7(13)16-12-5-4-8(10(12)14)18-11(15)9-3-2-6-17-9;;/h2-3,6,8H,4-5H2,1H3;;. The molecule has 1 fully saturated rings. The topological polar surface area (TPSA) is 63.7 Å². The maximum absolute atomic E-state index is 11.8. The Balaban J connectivity index is 0.00000180. The number of hydrogen-bond acceptors (Lipinski definition) is 6. The Morgan fingerprint density at radius 1 is 1.53 bits per heavy atom. The second kappa shape index (κ2) is 7.44. The van der Waals surface area contributed by atoms with Crippen molar-refractivity contribution in [2.24, 2.45) is 0 Å². The molecule has 2 heterocycles. The van der Waals surface area contributed by atoms with E-state index in [1.54, 1.807) is 12.1 Å². The first kappa shape index (κ1) is 16.7. The molecule has 0 bridgehead atoms. The molecule has 1 atom stereocenters. The molecule has 1 unspecified atom stereocenters. The summed E-state index contributed by atoms with van der Waals surface area (Å²) in [6, 6.07) is 3.52. The van der Waals surface area contributed by atoms with Crippen molar-refractivity contribution in [2.75, 3.05) is 6.54 Å². The van der Waals surface area contributed by atoms with E-state index in [0.29, 0.717) is 17.8 Å². The molecule has 98 valence electrons. The molecule has 0 N–H and O–H groups in total. The van der Waals surface area contributed by atoms with Crippen molar-refractivity contribution in [1.82, 2.24) is 5.06 Å². The number of amides is 1. The van der Waals surface area contributed by atoms with Crippen molar-refractivity contribution in [3.05, 3.63) is 22.4 Å². The summed E-state index contributed by atoms with van der Waals surface area (Å²) >= 11 is 2.34. The fourth-order valence-electron chi connectivity index (χ4n) is 1.57. The predicted molar refractivity (Wildman–Crippen MR) is 75.3 cm³/mol. The van der Waals surface area contributed by atoms with Crippen LogP contribution >= 0.6 is 23.1 Å². The fraction of sp³-hybridized carbons (Fsp3) is 0.364. The second-order valence-electron chi connectivity index (χ2n) is 3.68. The van der Waals surface area contributed by atoms with Crippen LogP contribution in [0.4, 0.5) is 0 Å². The molecule has 1 saturated heterocycles. The van der Waals surface area contributed by atoms with E-state index >= 15 is 0 Å². The van der Waals surface area contributed by atoms with E-state index in [0.717, 1.165) is 16.8 Å². The number of rotatable bonds is 3. The van der Waals surface area contributed by atoms with Crippen molar-refractivity contribution in [2.45, 2.75) is 18.6 Å². The van der Waals surface area contributed by atoms with Gasteiger partial charge in [-0.25, -0.2) is 0 Å². The van der Waals surface area contributed by atoms with Gasteiger partial charge in [0.2, 0.25) is 5.12 Å². The zero-order valence-electron chi connectivity index (χ0n) is 9.62. The summed E-state index contributed by atoms with van der Waals surface area (Å²) in [6.07, 6.45) is 0.508. The Morgan fingerprint density at radius 2 is 2.26 bits per heavy atom. The van der Waals surface area contributed by atoms with Gasteiger partial charge < -0.3 is 4.84 Å². The zero-order valence-corrected chi connectivity index (χ0v) is 11.3. The second-order valence-corrected chi connectivity index (χ2v) is 5.81. The van der Waals surface area contributed by atoms with E-state index in [4.69, 9.17) is 4.84 Å². The molecular weight excluding hydrogens is 297 g/mol. The van der Waals surface area contributed by atoms with Gasteiger partial charge in [0, 0.05) is 6.92 Å². The third kappa shape index (κ3) is 4.32. The molecule has 1 aliphatic rings. The molecule has 1 amide bonds. The van der Waals surface area contributed by atoms with Crippen LogP contribution in [0.25, 0.3) is 0 Å². The number of thiophene rings is 1. The van der Waals surface area contributed by atoms with Gasteiger partial charge in [0.05, 0.1) is 16.7 Å². The van der Waals surface area contributed by atoms with E-state index in [2.05, 4.69) is 0 Å².